The predicted octanol–water partition coefficient (Wildman–Crippen LogP) is -0.266. The highest BCUT2D eigenvalue weighted by Gasteiger charge is 2.23. The minimum absolute atomic E-state index is 0.0129. The van der Waals surface area contributed by atoms with Gasteiger partial charge in [0.1, 0.15) is 5.84 Å². The maximum atomic E-state index is 11.8. The molecular weight excluding hydrogens is 302 g/mol. The van der Waals surface area contributed by atoms with Gasteiger partial charge in [0.05, 0.1) is 0 Å². The van der Waals surface area contributed by atoms with Crippen LogP contribution < -0.4 is 5.73 Å². The lowest BCUT2D eigenvalue weighted by atomic mass is 10.1. The largest absolute Gasteiger partial charge is 0.384 e. The molecule has 1 aromatic rings. The van der Waals surface area contributed by atoms with Crippen molar-refractivity contribution in [1.82, 2.24) is 4.31 Å². The van der Waals surface area contributed by atoms with Crippen molar-refractivity contribution in [2.75, 3.05) is 18.4 Å². The fraction of sp³-hybridized carbons (Fsp3) is 0.364. The molecule has 0 fully saturated rings. The lowest BCUT2D eigenvalue weighted by molar-refractivity contribution is 0.470. The molecule has 1 aromatic carbocycles. The van der Waals surface area contributed by atoms with Crippen LogP contribution >= 0.6 is 0 Å². The molecule has 1 rings (SSSR count). The highest BCUT2D eigenvalue weighted by atomic mass is 32.3. The first-order valence-corrected chi connectivity index (χ1v) is 9.23. The Morgan fingerprint density at radius 3 is 2.40 bits per heavy atom. The van der Waals surface area contributed by atoms with Crippen molar-refractivity contribution in [1.29, 1.82) is 5.41 Å². The number of hydrogen-bond acceptors (Lipinski definition) is 5. The van der Waals surface area contributed by atoms with Crippen LogP contribution in [0, 0.1) is 5.41 Å². The molecule has 0 saturated carbocycles. The summed E-state index contributed by atoms with van der Waals surface area (Å²) < 4.78 is 46.9. The summed E-state index contributed by atoms with van der Waals surface area (Å²) in [6, 6.07) is 6.56. The molecule has 0 bridgehead atoms. The summed E-state index contributed by atoms with van der Waals surface area (Å²) in [5.41, 5.74) is 6.46. The van der Waals surface area contributed by atoms with Crippen LogP contribution in [0.15, 0.2) is 24.3 Å². The second-order valence-electron chi connectivity index (χ2n) is 4.53. The van der Waals surface area contributed by atoms with Gasteiger partial charge >= 0.3 is 0 Å². The average molecular weight is 319 g/mol. The molecule has 7 nitrogen and oxygen atoms in total. The summed E-state index contributed by atoms with van der Waals surface area (Å²) in [6.45, 7) is 0.0129. The molecule has 0 aliphatic rings. The number of benzene rings is 1. The van der Waals surface area contributed by atoms with E-state index in [4.69, 9.17) is 11.1 Å². The zero-order valence-electron chi connectivity index (χ0n) is 11.2. The van der Waals surface area contributed by atoms with Crippen LogP contribution in [0.5, 0.6) is 0 Å². The van der Waals surface area contributed by atoms with Crippen LogP contribution in [0.1, 0.15) is 11.1 Å². The quantitative estimate of drug-likeness (QED) is 0.552. The van der Waals surface area contributed by atoms with Gasteiger partial charge in [-0.2, -0.15) is 4.31 Å². The van der Waals surface area contributed by atoms with Crippen LogP contribution in [0.3, 0.4) is 0 Å². The number of sulfone groups is 1. The Bertz CT molecular complexity index is 711. The van der Waals surface area contributed by atoms with Gasteiger partial charge in [0, 0.05) is 25.4 Å². The third kappa shape index (κ3) is 4.91. The Morgan fingerprint density at radius 1 is 1.30 bits per heavy atom. The van der Waals surface area contributed by atoms with Gasteiger partial charge in [-0.3, -0.25) is 5.41 Å². The van der Waals surface area contributed by atoms with Crippen LogP contribution in [0.25, 0.3) is 0 Å². The fourth-order valence-corrected chi connectivity index (χ4v) is 4.78. The van der Waals surface area contributed by atoms with Gasteiger partial charge in [0.25, 0.3) is 0 Å². The van der Waals surface area contributed by atoms with Gasteiger partial charge in [0.15, 0.2) is 14.9 Å². The summed E-state index contributed by atoms with van der Waals surface area (Å²) in [4.78, 5) is 0. The third-order valence-electron chi connectivity index (χ3n) is 2.48. The molecule has 20 heavy (non-hydrogen) atoms. The number of nitrogens with one attached hydrogen (secondary N) is 1. The Balaban J connectivity index is 2.93. The first-order valence-electron chi connectivity index (χ1n) is 5.56. The van der Waals surface area contributed by atoms with Crippen molar-refractivity contribution < 1.29 is 16.8 Å². The smallest absolute Gasteiger partial charge is 0.228 e. The van der Waals surface area contributed by atoms with E-state index in [2.05, 4.69) is 0 Å². The van der Waals surface area contributed by atoms with Crippen molar-refractivity contribution in [2.24, 2.45) is 5.73 Å². The van der Waals surface area contributed by atoms with Crippen LogP contribution in [-0.2, 0) is 26.4 Å². The Kier molecular flexibility index (Phi) is 4.90. The summed E-state index contributed by atoms with van der Waals surface area (Å²) in [5.74, 6) is -0.117. The van der Waals surface area contributed by atoms with E-state index >= 15 is 0 Å². The zero-order valence-corrected chi connectivity index (χ0v) is 12.8. The summed E-state index contributed by atoms with van der Waals surface area (Å²) in [7, 11) is -6.21. The number of rotatable bonds is 6. The average Bonchev–Trinajstić information content (AvgIpc) is 2.26. The van der Waals surface area contributed by atoms with E-state index in [1.807, 2.05) is 0 Å². The standard InChI is InChI=1S/C11H17N3O4S2/c1-14(20(17,18)8-19(2,15)16)7-9-4-3-5-10(6-9)11(12)13/h3-6H,7-8H2,1-2H3,(H3,12,13). The Labute approximate surface area is 118 Å². The molecule has 0 amide bonds. The van der Waals surface area contributed by atoms with E-state index < -0.39 is 24.9 Å². The molecule has 3 N–H and O–H groups in total. The van der Waals surface area contributed by atoms with Gasteiger partial charge in [-0.1, -0.05) is 18.2 Å². The van der Waals surface area contributed by atoms with E-state index in [0.717, 1.165) is 10.6 Å². The monoisotopic (exact) mass is 319 g/mol. The van der Waals surface area contributed by atoms with E-state index in [1.54, 1.807) is 24.3 Å². The van der Waals surface area contributed by atoms with E-state index in [-0.39, 0.29) is 12.4 Å². The van der Waals surface area contributed by atoms with Gasteiger partial charge in [-0.25, -0.2) is 16.8 Å². The maximum Gasteiger partial charge on any atom is 0.228 e. The van der Waals surface area contributed by atoms with Crippen molar-refractivity contribution in [3.63, 3.8) is 0 Å². The molecule has 0 unspecified atom stereocenters. The van der Waals surface area contributed by atoms with Gasteiger partial charge in [-0.15, -0.1) is 0 Å². The van der Waals surface area contributed by atoms with E-state index in [1.165, 1.54) is 7.05 Å². The second kappa shape index (κ2) is 5.90. The normalized spacial score (nSPS) is 12.6. The highest BCUT2D eigenvalue weighted by molar-refractivity contribution is 8.06. The molecule has 112 valence electrons. The molecule has 0 heterocycles. The number of nitrogens with two attached hydrogens (primary N) is 1. The lowest BCUT2D eigenvalue weighted by Gasteiger charge is -2.17. The van der Waals surface area contributed by atoms with Crippen LogP contribution in [0.2, 0.25) is 0 Å². The van der Waals surface area contributed by atoms with Gasteiger partial charge < -0.3 is 5.73 Å². The molecular formula is C11H17N3O4S2. The maximum absolute atomic E-state index is 11.8. The number of nitrogen functional groups attached to an aromatic ring is 1. The summed E-state index contributed by atoms with van der Waals surface area (Å²) in [6.07, 6.45) is 0.870. The minimum atomic E-state index is -3.89. The molecule has 0 aliphatic carbocycles. The Morgan fingerprint density at radius 2 is 1.90 bits per heavy atom. The third-order valence-corrected chi connectivity index (χ3v) is 6.46. The number of hydrogen-bond donors (Lipinski definition) is 2. The first-order chi connectivity index (χ1) is 9.01. The van der Waals surface area contributed by atoms with Crippen LogP contribution in [0.4, 0.5) is 0 Å². The molecule has 0 spiro atoms. The molecule has 0 radical (unpaired) electrons. The topological polar surface area (TPSA) is 121 Å². The van der Waals surface area contributed by atoms with Gasteiger partial charge in [-0.05, 0) is 11.6 Å². The zero-order chi connectivity index (χ0) is 15.6. The first kappa shape index (κ1) is 16.6. The van der Waals surface area contributed by atoms with Crippen molar-refractivity contribution >= 4 is 25.7 Å². The molecule has 9 heteroatoms. The lowest BCUT2D eigenvalue weighted by Crippen LogP contribution is -2.31. The molecule has 0 aliphatic heterocycles. The number of nitrogens with zero attached hydrogens (tertiary/aromatic N) is 1. The summed E-state index contributed by atoms with van der Waals surface area (Å²) >= 11 is 0. The van der Waals surface area contributed by atoms with Crippen LogP contribution in [-0.4, -0.2) is 45.4 Å². The van der Waals surface area contributed by atoms with Gasteiger partial charge in [0.2, 0.25) is 10.0 Å². The fourth-order valence-electron chi connectivity index (χ4n) is 1.55. The molecule has 0 saturated heterocycles. The van der Waals surface area contributed by atoms with E-state index in [0.29, 0.717) is 11.1 Å². The number of sulfonamides is 1. The molecule has 0 atom stereocenters. The highest BCUT2D eigenvalue weighted by Crippen LogP contribution is 2.11. The van der Waals surface area contributed by atoms with E-state index in [9.17, 15) is 16.8 Å². The SMILES string of the molecule is CN(Cc1cccc(C(=N)N)c1)S(=O)(=O)CS(C)(=O)=O. The Hall–Kier alpha value is -1.45. The predicted molar refractivity (Wildman–Crippen MR) is 77.6 cm³/mol. The minimum Gasteiger partial charge on any atom is -0.384 e. The van der Waals surface area contributed by atoms with Crippen molar-refractivity contribution in [3.8, 4) is 0 Å². The van der Waals surface area contributed by atoms with Crippen molar-refractivity contribution in [2.45, 2.75) is 6.54 Å². The molecule has 0 aromatic heterocycles. The number of amidine groups is 1. The summed E-state index contributed by atoms with van der Waals surface area (Å²) in [5, 5.41) is 6.39. The second-order valence-corrected chi connectivity index (χ2v) is 9.11. The van der Waals surface area contributed by atoms with Crippen molar-refractivity contribution in [3.05, 3.63) is 35.4 Å².